The summed E-state index contributed by atoms with van der Waals surface area (Å²) in [6.07, 6.45) is 0. The molecule has 84 heavy (non-hydrogen) atoms. The molecule has 0 unspecified atom stereocenters. The fourth-order valence-corrected chi connectivity index (χ4v) is 11.3. The van der Waals surface area contributed by atoms with Gasteiger partial charge in [0.1, 0.15) is 5.54 Å². The number of rotatable bonds is 13. The Kier molecular flexibility index (Phi) is 16.6. The number of hydrogen-bond acceptors (Lipinski definition) is 3. The van der Waals surface area contributed by atoms with Gasteiger partial charge in [0, 0.05) is 39.3 Å². The van der Waals surface area contributed by atoms with Crippen molar-refractivity contribution in [2.24, 2.45) is 0 Å². The highest BCUT2D eigenvalue weighted by Crippen LogP contribution is 2.44. The van der Waals surface area contributed by atoms with Crippen molar-refractivity contribution in [2.75, 3.05) is 16.0 Å². The minimum absolute atomic E-state index is 0.467. The van der Waals surface area contributed by atoms with E-state index < -0.39 is 5.54 Å². The molecule has 0 aliphatic carbocycles. The summed E-state index contributed by atoms with van der Waals surface area (Å²) in [5, 5.41) is 16.3. The van der Waals surface area contributed by atoms with E-state index in [-0.39, 0.29) is 0 Å². The average Bonchev–Trinajstić information content (AvgIpc) is 3.01. The maximum Gasteiger partial charge on any atom is 0.114 e. The molecule has 0 aliphatic rings. The van der Waals surface area contributed by atoms with Gasteiger partial charge in [0.2, 0.25) is 0 Å². The maximum absolute atomic E-state index is 3.84. The number of hydrogen-bond donors (Lipinski definition) is 3. The molecular weight excluding hydrogens is 1010 g/mol. The second kappa shape index (κ2) is 26.1. The summed E-state index contributed by atoms with van der Waals surface area (Å²) in [5.41, 5.74) is 18.3. The lowest BCUT2D eigenvalue weighted by Gasteiger charge is -2.38. The first-order valence-corrected chi connectivity index (χ1v) is 28.7. The van der Waals surface area contributed by atoms with E-state index >= 15 is 0 Å². The Bertz CT molecular complexity index is 4040. The topological polar surface area (TPSA) is 36.1 Å². The van der Waals surface area contributed by atoms with Crippen molar-refractivity contribution in [3.8, 4) is 44.5 Å². The summed E-state index contributed by atoms with van der Waals surface area (Å²) < 4.78 is 0. The van der Waals surface area contributed by atoms with Gasteiger partial charge in [-0.3, -0.25) is 0 Å². The van der Waals surface area contributed by atoms with Gasteiger partial charge >= 0.3 is 0 Å². The third-order valence-corrected chi connectivity index (χ3v) is 15.3. The monoisotopic (exact) mass is 1080 g/mol. The smallest absolute Gasteiger partial charge is 0.114 e. The highest BCUT2D eigenvalue weighted by molar-refractivity contribution is 6.04. The quantitative estimate of drug-likeness (QED) is 0.101. The molecule has 3 heteroatoms. The van der Waals surface area contributed by atoms with Gasteiger partial charge in [-0.15, -0.1) is 0 Å². The normalized spacial score (nSPS) is 10.9. The highest BCUT2D eigenvalue weighted by atomic mass is 15.0. The van der Waals surface area contributed by atoms with Crippen LogP contribution in [-0.2, 0) is 5.54 Å². The minimum Gasteiger partial charge on any atom is -0.368 e. The lowest BCUT2D eigenvalue weighted by Crippen LogP contribution is -2.38. The summed E-state index contributed by atoms with van der Waals surface area (Å²) in [6.45, 7) is 0. The Morgan fingerprint density at radius 1 is 0.190 bits per heavy atom. The molecule has 3 N–H and O–H groups in total. The standard InChI is InChI=1S/2C28H21N.C25H21N/c2*1-3-11-22(12-4-1)25-18-10-20-27(28(25)29-23-15-5-2-6-16-23)26-19-9-14-21-13-7-8-17-24(21)26;1-5-13-21(14-6-1)25(22-15-7-2-8-16-22,23-17-9-3-10-18-23)26-24-19-11-4-12-20-24/h2*1-20,29H;1-20,26H. The second-order valence-electron chi connectivity index (χ2n) is 20.6. The van der Waals surface area contributed by atoms with Gasteiger partial charge < -0.3 is 16.0 Å². The molecule has 0 spiro atoms. The summed E-state index contributed by atoms with van der Waals surface area (Å²) >= 11 is 0. The predicted molar refractivity (Wildman–Crippen MR) is 358 cm³/mol. The van der Waals surface area contributed by atoms with Crippen molar-refractivity contribution in [2.45, 2.75) is 5.54 Å². The zero-order valence-electron chi connectivity index (χ0n) is 46.6. The SMILES string of the molecule is c1ccc(NC(c2ccccc2)(c2ccccc2)c2ccccc2)cc1.c1ccc(Nc2c(-c3ccccc3)cccc2-c2cccc3ccccc23)cc1.c1ccc(Nc2c(-c3ccccc3)cccc2-c2cccc3ccccc23)cc1. The van der Waals surface area contributed by atoms with Gasteiger partial charge in [0.15, 0.2) is 0 Å². The van der Waals surface area contributed by atoms with E-state index in [0.717, 1.165) is 28.4 Å². The molecule has 0 saturated heterocycles. The molecule has 0 bridgehead atoms. The Balaban J connectivity index is 0.000000124. The lowest BCUT2D eigenvalue weighted by molar-refractivity contribution is 0.712. The molecule has 0 heterocycles. The van der Waals surface area contributed by atoms with Crippen molar-refractivity contribution < 1.29 is 0 Å². The summed E-state index contributed by atoms with van der Waals surface area (Å²) in [7, 11) is 0. The van der Waals surface area contributed by atoms with Crippen molar-refractivity contribution in [3.63, 3.8) is 0 Å². The second-order valence-corrected chi connectivity index (χ2v) is 20.6. The van der Waals surface area contributed by atoms with Crippen LogP contribution in [-0.4, -0.2) is 0 Å². The highest BCUT2D eigenvalue weighted by Gasteiger charge is 2.36. The molecule has 0 fully saturated rings. The van der Waals surface area contributed by atoms with Crippen LogP contribution < -0.4 is 16.0 Å². The van der Waals surface area contributed by atoms with E-state index in [1.165, 1.54) is 82.7 Å². The molecule has 0 aromatic heterocycles. The van der Waals surface area contributed by atoms with E-state index in [0.29, 0.717) is 0 Å². The van der Waals surface area contributed by atoms with Crippen molar-refractivity contribution in [1.29, 1.82) is 0 Å². The Hall–Kier alpha value is -11.0. The summed E-state index contributed by atoms with van der Waals surface area (Å²) in [6, 6.07) is 127. The van der Waals surface area contributed by atoms with Gasteiger partial charge in [0.25, 0.3) is 0 Å². The van der Waals surface area contributed by atoms with Gasteiger partial charge in [-0.25, -0.2) is 0 Å². The van der Waals surface area contributed by atoms with Crippen molar-refractivity contribution >= 4 is 50.0 Å². The number of nitrogens with one attached hydrogen (secondary N) is 3. The molecule has 0 saturated carbocycles. The molecular formula is C81H63N3. The predicted octanol–water partition coefficient (Wildman–Crippen LogP) is 21.9. The molecule has 0 aliphatic heterocycles. The Morgan fingerprint density at radius 2 is 0.452 bits per heavy atom. The Morgan fingerprint density at radius 3 is 0.821 bits per heavy atom. The lowest BCUT2D eigenvalue weighted by atomic mass is 9.77. The Labute approximate surface area is 493 Å². The summed E-state index contributed by atoms with van der Waals surface area (Å²) in [4.78, 5) is 0. The van der Waals surface area contributed by atoms with Crippen LogP contribution in [0.2, 0.25) is 0 Å². The van der Waals surface area contributed by atoms with Crippen LogP contribution in [0.15, 0.2) is 364 Å². The average molecular weight is 1080 g/mol. The van der Waals surface area contributed by atoms with E-state index in [9.17, 15) is 0 Å². The molecule has 14 aromatic rings. The first kappa shape index (κ1) is 53.6. The first-order valence-electron chi connectivity index (χ1n) is 28.7. The van der Waals surface area contributed by atoms with Crippen LogP contribution in [0.1, 0.15) is 16.7 Å². The largest absolute Gasteiger partial charge is 0.368 e. The minimum atomic E-state index is -0.467. The molecule has 0 amide bonds. The van der Waals surface area contributed by atoms with Crippen LogP contribution >= 0.6 is 0 Å². The van der Waals surface area contributed by atoms with Crippen molar-refractivity contribution in [1.82, 2.24) is 0 Å². The van der Waals surface area contributed by atoms with E-state index in [1.54, 1.807) is 0 Å². The van der Waals surface area contributed by atoms with Gasteiger partial charge in [0.05, 0.1) is 11.4 Å². The maximum atomic E-state index is 3.84. The van der Waals surface area contributed by atoms with E-state index in [2.05, 4.69) is 362 Å². The third kappa shape index (κ3) is 12.0. The van der Waals surface area contributed by atoms with Gasteiger partial charge in [-0.1, -0.05) is 328 Å². The molecule has 0 radical (unpaired) electrons. The van der Waals surface area contributed by atoms with E-state index in [4.69, 9.17) is 0 Å². The molecule has 14 rings (SSSR count). The fourth-order valence-electron chi connectivity index (χ4n) is 11.3. The van der Waals surface area contributed by atoms with Crippen molar-refractivity contribution in [3.05, 3.63) is 381 Å². The molecule has 0 atom stereocenters. The zero-order valence-corrected chi connectivity index (χ0v) is 46.6. The zero-order chi connectivity index (χ0) is 56.6. The summed E-state index contributed by atoms with van der Waals surface area (Å²) in [5.74, 6) is 0. The van der Waals surface area contributed by atoms with Crippen LogP contribution in [0, 0.1) is 0 Å². The van der Waals surface area contributed by atoms with Crippen LogP contribution in [0.3, 0.4) is 0 Å². The molecule has 3 nitrogen and oxygen atoms in total. The van der Waals surface area contributed by atoms with E-state index in [1.807, 2.05) is 18.2 Å². The number of para-hydroxylation sites is 5. The molecule has 402 valence electrons. The van der Waals surface area contributed by atoms with Crippen LogP contribution in [0.4, 0.5) is 28.4 Å². The number of fused-ring (bicyclic) bond motifs is 2. The number of anilines is 5. The fraction of sp³-hybridized carbons (Fsp3) is 0.0123. The first-order chi connectivity index (χ1) is 41.7. The van der Waals surface area contributed by atoms with Gasteiger partial charge in [-0.2, -0.15) is 0 Å². The van der Waals surface area contributed by atoms with Crippen LogP contribution in [0.5, 0.6) is 0 Å². The number of benzene rings is 14. The third-order valence-electron chi connectivity index (χ3n) is 15.3. The van der Waals surface area contributed by atoms with Crippen LogP contribution in [0.25, 0.3) is 66.1 Å². The van der Waals surface area contributed by atoms with Gasteiger partial charge in [-0.05, 0) is 96.9 Å². The molecule has 14 aromatic carbocycles.